The molecule has 0 spiro atoms. The molecule has 1 aliphatic carbocycles. The lowest BCUT2D eigenvalue weighted by atomic mass is 9.94. The van der Waals surface area contributed by atoms with Gasteiger partial charge in [-0.25, -0.2) is 0 Å². The van der Waals surface area contributed by atoms with Crippen molar-refractivity contribution >= 4 is 38.6 Å². The summed E-state index contributed by atoms with van der Waals surface area (Å²) < 4.78 is 34.2. The van der Waals surface area contributed by atoms with Crippen LogP contribution in [0.15, 0.2) is 60.5 Å². The molecule has 134 valence electrons. The molecule has 0 fully saturated rings. The van der Waals surface area contributed by atoms with Crippen LogP contribution >= 0.6 is 23.5 Å². The number of thioether (sulfide) groups is 2. The molecule has 1 aliphatic heterocycles. The van der Waals surface area contributed by atoms with Crippen LogP contribution in [-0.4, -0.2) is 26.8 Å². The van der Waals surface area contributed by atoms with Crippen molar-refractivity contribution in [3.05, 3.63) is 46.3 Å². The molecule has 2 aliphatic rings. The van der Waals surface area contributed by atoms with E-state index in [4.69, 9.17) is 4.74 Å². The second-order valence-corrected chi connectivity index (χ2v) is 9.19. The summed E-state index contributed by atoms with van der Waals surface area (Å²) in [7, 11) is -2.58. The summed E-state index contributed by atoms with van der Waals surface area (Å²) in [5.74, 6) is -0.522. The molecule has 3 rings (SSSR count). The third-order valence-corrected chi connectivity index (χ3v) is 7.44. The molecule has 0 amide bonds. The number of allylic oxidation sites excluding steroid dienone is 2. The van der Waals surface area contributed by atoms with Crippen LogP contribution in [0.2, 0.25) is 0 Å². The maximum Gasteiger partial charge on any atom is 0.283 e. The molecule has 0 unspecified atom stereocenters. The number of nitrogens with zero attached hydrogens (tertiary/aromatic N) is 1. The van der Waals surface area contributed by atoms with Gasteiger partial charge in [0.2, 0.25) is 0 Å². The smallest absolute Gasteiger partial charge is 0.283 e. The van der Waals surface area contributed by atoms with Crippen molar-refractivity contribution < 1.29 is 18.3 Å². The molecule has 0 atom stereocenters. The van der Waals surface area contributed by atoms with Gasteiger partial charge in [-0.05, 0) is 73.8 Å². The Balaban J connectivity index is 2.01. The van der Waals surface area contributed by atoms with E-state index in [-0.39, 0.29) is 9.94 Å². The molecule has 0 saturated carbocycles. The summed E-state index contributed by atoms with van der Waals surface area (Å²) in [6.07, 6.45) is 5.55. The lowest BCUT2D eigenvalue weighted by molar-refractivity contribution is -0.354. The van der Waals surface area contributed by atoms with Gasteiger partial charge in [0.15, 0.2) is 0 Å². The normalized spacial score (nSPS) is 21.4. The van der Waals surface area contributed by atoms with Crippen LogP contribution in [0.1, 0.15) is 25.7 Å². The lowest BCUT2D eigenvalue weighted by Crippen LogP contribution is -2.14. The Kier molecular flexibility index (Phi) is 5.50. The number of ether oxygens (including phenoxy) is 1. The summed E-state index contributed by atoms with van der Waals surface area (Å²) in [6.45, 7) is 0. The third kappa shape index (κ3) is 3.75. The summed E-state index contributed by atoms with van der Waals surface area (Å²) >= 11 is 2.82. The van der Waals surface area contributed by atoms with E-state index in [9.17, 15) is 13.5 Å². The molecule has 1 aromatic carbocycles. The summed E-state index contributed by atoms with van der Waals surface area (Å²) in [5.41, 5.74) is 1.21. The number of methoxy groups -OCH3 is 1. The third-order valence-electron chi connectivity index (χ3n) is 4.10. The fourth-order valence-electron chi connectivity index (χ4n) is 2.84. The Bertz CT molecular complexity index is 868. The summed E-state index contributed by atoms with van der Waals surface area (Å²) in [4.78, 5) is 2.13. The Morgan fingerprint density at radius 3 is 2.56 bits per heavy atom. The number of sulfonamides is 1. The van der Waals surface area contributed by atoms with Crippen LogP contribution in [0.3, 0.4) is 0 Å². The van der Waals surface area contributed by atoms with Gasteiger partial charge in [0, 0.05) is 10.5 Å². The second-order valence-electron chi connectivity index (χ2n) is 5.62. The van der Waals surface area contributed by atoms with Crippen molar-refractivity contribution in [1.29, 1.82) is 0 Å². The Hall–Kier alpha value is -1.38. The minimum atomic E-state index is -3.88. The fraction of sp³-hybridized carbons (Fsp3) is 0.353. The number of hydrogen-bond acceptors (Lipinski definition) is 6. The van der Waals surface area contributed by atoms with E-state index in [1.165, 1.54) is 42.8 Å². The Morgan fingerprint density at radius 1 is 1.24 bits per heavy atom. The van der Waals surface area contributed by atoms with Gasteiger partial charge < -0.3 is 9.84 Å². The largest absolute Gasteiger partial charge is 0.616 e. The average molecular weight is 397 g/mol. The van der Waals surface area contributed by atoms with Crippen molar-refractivity contribution in [1.82, 2.24) is 0 Å². The molecule has 1 heterocycles. The van der Waals surface area contributed by atoms with Crippen LogP contribution in [0.4, 0.5) is 0 Å². The van der Waals surface area contributed by atoms with Crippen molar-refractivity contribution in [3.8, 4) is 0 Å². The Morgan fingerprint density at radius 2 is 1.92 bits per heavy atom. The highest BCUT2D eigenvalue weighted by molar-refractivity contribution is 8.18. The van der Waals surface area contributed by atoms with Crippen molar-refractivity contribution in [2.75, 3.05) is 13.4 Å². The first-order valence-electron chi connectivity index (χ1n) is 7.81. The molecule has 8 heteroatoms. The topological polar surface area (TPSA) is 78.8 Å². The van der Waals surface area contributed by atoms with E-state index in [1.54, 1.807) is 12.1 Å². The SMILES string of the molecule is COC([O-])=C1C(=NS(=O)(=O)c2ccc(SC)cc2)SC2=C1CCCC2. The molecule has 0 N–H and O–H groups in total. The van der Waals surface area contributed by atoms with Crippen molar-refractivity contribution in [3.63, 3.8) is 0 Å². The zero-order chi connectivity index (χ0) is 18.0. The standard InChI is InChI=1S/C17H19NO4S3/c1-22-17(19)15-13-5-3-4-6-14(13)24-16(15)18-25(20,21)12-9-7-11(23-2)8-10-12/h7-10,19H,3-6H2,1-2H3/p-1. The molecule has 5 nitrogen and oxygen atoms in total. The predicted octanol–water partition coefficient (Wildman–Crippen LogP) is 3.29. The van der Waals surface area contributed by atoms with Crippen LogP contribution in [-0.2, 0) is 14.8 Å². The minimum absolute atomic E-state index is 0.118. The first-order valence-corrected chi connectivity index (χ1v) is 11.3. The van der Waals surface area contributed by atoms with Gasteiger partial charge in [-0.2, -0.15) is 12.8 Å². The molecule has 0 bridgehead atoms. The van der Waals surface area contributed by atoms with Crippen molar-refractivity contribution in [2.45, 2.75) is 35.5 Å². The quantitative estimate of drug-likeness (QED) is 0.574. The second kappa shape index (κ2) is 7.47. The first-order chi connectivity index (χ1) is 12.0. The predicted molar refractivity (Wildman–Crippen MR) is 100.0 cm³/mol. The summed E-state index contributed by atoms with van der Waals surface area (Å²) in [5, 5.41) is 12.4. The van der Waals surface area contributed by atoms with E-state index < -0.39 is 16.0 Å². The highest BCUT2D eigenvalue weighted by atomic mass is 32.2. The zero-order valence-electron chi connectivity index (χ0n) is 13.9. The fourth-order valence-corrected chi connectivity index (χ4v) is 5.70. The first kappa shape index (κ1) is 18.4. The van der Waals surface area contributed by atoms with Gasteiger partial charge in [-0.15, -0.1) is 11.8 Å². The van der Waals surface area contributed by atoms with E-state index >= 15 is 0 Å². The van der Waals surface area contributed by atoms with Crippen molar-refractivity contribution in [2.24, 2.45) is 4.40 Å². The van der Waals surface area contributed by atoms with Crippen LogP contribution in [0.25, 0.3) is 0 Å². The number of hydrogen-bond donors (Lipinski definition) is 0. The van der Waals surface area contributed by atoms with Gasteiger partial charge >= 0.3 is 0 Å². The summed E-state index contributed by atoms with van der Waals surface area (Å²) in [6, 6.07) is 6.56. The van der Waals surface area contributed by atoms with Gasteiger partial charge in [0.1, 0.15) is 5.04 Å². The lowest BCUT2D eigenvalue weighted by Gasteiger charge is -2.17. The zero-order valence-corrected chi connectivity index (χ0v) is 16.4. The van der Waals surface area contributed by atoms with E-state index in [2.05, 4.69) is 4.40 Å². The van der Waals surface area contributed by atoms with Crippen LogP contribution in [0.5, 0.6) is 0 Å². The van der Waals surface area contributed by atoms with E-state index in [1.807, 2.05) is 6.26 Å². The molecule has 25 heavy (non-hydrogen) atoms. The van der Waals surface area contributed by atoms with Crippen LogP contribution in [0, 0.1) is 0 Å². The van der Waals surface area contributed by atoms with Gasteiger partial charge in [0.05, 0.1) is 10.8 Å². The molecule has 0 saturated heterocycles. The molecule has 0 radical (unpaired) electrons. The average Bonchev–Trinajstić information content (AvgIpc) is 2.98. The molecular formula is C17H18NO4S3-. The minimum Gasteiger partial charge on any atom is -0.616 e. The van der Waals surface area contributed by atoms with Gasteiger partial charge in [-0.1, -0.05) is 11.8 Å². The van der Waals surface area contributed by atoms with Gasteiger partial charge in [-0.3, -0.25) is 0 Å². The number of benzene rings is 1. The van der Waals surface area contributed by atoms with E-state index in [0.717, 1.165) is 41.1 Å². The maximum atomic E-state index is 12.7. The highest BCUT2D eigenvalue weighted by Gasteiger charge is 2.31. The van der Waals surface area contributed by atoms with Gasteiger partial charge in [0.25, 0.3) is 10.0 Å². The molecular weight excluding hydrogens is 378 g/mol. The number of rotatable bonds is 4. The van der Waals surface area contributed by atoms with E-state index in [0.29, 0.717) is 5.57 Å². The molecule has 0 aromatic heterocycles. The Labute approximate surface area is 156 Å². The highest BCUT2D eigenvalue weighted by Crippen LogP contribution is 2.46. The monoisotopic (exact) mass is 396 g/mol. The molecule has 1 aromatic rings. The van der Waals surface area contributed by atoms with Crippen LogP contribution < -0.4 is 5.11 Å². The maximum absolute atomic E-state index is 12.7.